The van der Waals surface area contributed by atoms with Crippen LogP contribution in [0.3, 0.4) is 0 Å². The largest absolute Gasteiger partial charge is 0.352 e. The average molecular weight is 291 g/mol. The van der Waals surface area contributed by atoms with Crippen LogP contribution in [-0.4, -0.2) is 23.3 Å². The van der Waals surface area contributed by atoms with Crippen LogP contribution in [-0.2, 0) is 4.79 Å². The average Bonchev–Trinajstić information content (AvgIpc) is 2.44. The molecular formula is C16H25N3O2. The molecule has 1 aromatic heterocycles. The first kappa shape index (κ1) is 17.1. The Balaban J connectivity index is 2.60. The third-order valence-electron chi connectivity index (χ3n) is 3.27. The highest BCUT2D eigenvalue weighted by Crippen LogP contribution is 2.13. The summed E-state index contributed by atoms with van der Waals surface area (Å²) in [6.07, 6.45) is 6.03. The highest BCUT2D eigenvalue weighted by atomic mass is 16.2. The number of hydrogen-bond donors (Lipinski definition) is 2. The fraction of sp³-hybridized carbons (Fsp3) is 0.562. The van der Waals surface area contributed by atoms with E-state index >= 15 is 0 Å². The third-order valence-corrected chi connectivity index (χ3v) is 3.27. The van der Waals surface area contributed by atoms with Crippen molar-refractivity contribution >= 4 is 17.6 Å². The second kappa shape index (κ2) is 9.10. The van der Waals surface area contributed by atoms with Crippen molar-refractivity contribution in [1.82, 2.24) is 10.3 Å². The zero-order chi connectivity index (χ0) is 15.7. The number of carbonyl (C=O) groups is 2. The van der Waals surface area contributed by atoms with Gasteiger partial charge in [0.2, 0.25) is 5.91 Å². The zero-order valence-electron chi connectivity index (χ0n) is 13.1. The minimum atomic E-state index is -0.203. The summed E-state index contributed by atoms with van der Waals surface area (Å²) in [5.74, 6) is 0.599. The Hall–Kier alpha value is -1.91. The van der Waals surface area contributed by atoms with Crippen LogP contribution < -0.4 is 10.6 Å². The van der Waals surface area contributed by atoms with Gasteiger partial charge in [-0.05, 0) is 30.9 Å². The summed E-state index contributed by atoms with van der Waals surface area (Å²) < 4.78 is 0. The molecule has 0 aliphatic carbocycles. The second-order valence-electron chi connectivity index (χ2n) is 5.26. The highest BCUT2D eigenvalue weighted by molar-refractivity contribution is 5.96. The molecule has 5 nitrogen and oxygen atoms in total. The van der Waals surface area contributed by atoms with Crippen molar-refractivity contribution in [3.05, 3.63) is 23.9 Å². The van der Waals surface area contributed by atoms with Crippen molar-refractivity contribution in [2.75, 3.05) is 11.9 Å². The molecule has 0 unspecified atom stereocenters. The van der Waals surface area contributed by atoms with Crippen LogP contribution in [0.5, 0.6) is 0 Å². The molecule has 116 valence electrons. The topological polar surface area (TPSA) is 71.1 Å². The molecule has 21 heavy (non-hydrogen) atoms. The fourth-order valence-corrected chi connectivity index (χ4v) is 2.32. The van der Waals surface area contributed by atoms with Gasteiger partial charge in [-0.3, -0.25) is 9.59 Å². The lowest BCUT2D eigenvalue weighted by Gasteiger charge is -2.16. The molecule has 0 bridgehead atoms. The maximum Gasteiger partial charge on any atom is 0.251 e. The van der Waals surface area contributed by atoms with Gasteiger partial charge in [-0.2, -0.15) is 0 Å². The number of anilines is 1. The predicted molar refractivity (Wildman–Crippen MR) is 84.2 cm³/mol. The quantitative estimate of drug-likeness (QED) is 0.773. The third kappa shape index (κ3) is 6.38. The van der Waals surface area contributed by atoms with Gasteiger partial charge >= 0.3 is 0 Å². The molecule has 2 N–H and O–H groups in total. The Labute approximate surface area is 126 Å². The van der Waals surface area contributed by atoms with E-state index in [2.05, 4.69) is 29.5 Å². The van der Waals surface area contributed by atoms with E-state index in [1.165, 1.54) is 13.1 Å². The molecule has 0 spiro atoms. The van der Waals surface area contributed by atoms with Crippen molar-refractivity contribution in [3.63, 3.8) is 0 Å². The highest BCUT2D eigenvalue weighted by Gasteiger charge is 2.11. The number of rotatable bonds is 8. The van der Waals surface area contributed by atoms with Gasteiger partial charge in [0.05, 0.1) is 0 Å². The van der Waals surface area contributed by atoms with Gasteiger partial charge in [0.1, 0.15) is 5.82 Å². The zero-order valence-corrected chi connectivity index (χ0v) is 13.1. The van der Waals surface area contributed by atoms with Crippen LogP contribution in [0.25, 0.3) is 0 Å². The van der Waals surface area contributed by atoms with E-state index < -0.39 is 0 Å². The van der Waals surface area contributed by atoms with E-state index in [1.807, 2.05) is 0 Å². The summed E-state index contributed by atoms with van der Waals surface area (Å²) in [5, 5.41) is 5.55. The van der Waals surface area contributed by atoms with Gasteiger partial charge in [0.25, 0.3) is 5.91 Å². The van der Waals surface area contributed by atoms with Crippen molar-refractivity contribution in [1.29, 1.82) is 0 Å². The van der Waals surface area contributed by atoms with E-state index in [0.717, 1.165) is 25.7 Å². The molecule has 0 radical (unpaired) electrons. The summed E-state index contributed by atoms with van der Waals surface area (Å²) >= 11 is 0. The lowest BCUT2D eigenvalue weighted by atomic mass is 9.98. The maximum atomic E-state index is 12.1. The lowest BCUT2D eigenvalue weighted by molar-refractivity contribution is -0.114. The molecule has 0 atom stereocenters. The van der Waals surface area contributed by atoms with Gasteiger partial charge in [0, 0.05) is 25.2 Å². The summed E-state index contributed by atoms with van der Waals surface area (Å²) in [5.41, 5.74) is 0.514. The van der Waals surface area contributed by atoms with Gasteiger partial charge in [-0.1, -0.05) is 26.7 Å². The number of aromatic nitrogens is 1. The van der Waals surface area contributed by atoms with Crippen LogP contribution >= 0.6 is 0 Å². The summed E-state index contributed by atoms with van der Waals surface area (Å²) in [6.45, 7) is 6.42. The van der Waals surface area contributed by atoms with E-state index in [-0.39, 0.29) is 11.8 Å². The number of pyridine rings is 1. The number of hydrogen-bond acceptors (Lipinski definition) is 3. The molecule has 0 saturated carbocycles. The summed E-state index contributed by atoms with van der Waals surface area (Å²) in [7, 11) is 0. The number of carbonyl (C=O) groups excluding carboxylic acids is 2. The molecule has 1 heterocycles. The molecule has 1 rings (SSSR count). The molecule has 0 saturated heterocycles. The molecule has 1 aromatic rings. The van der Waals surface area contributed by atoms with Crippen LogP contribution in [0.2, 0.25) is 0 Å². The number of amides is 2. The number of nitrogens with zero attached hydrogens (tertiary/aromatic N) is 1. The van der Waals surface area contributed by atoms with Crippen molar-refractivity contribution in [3.8, 4) is 0 Å². The molecule has 2 amide bonds. The van der Waals surface area contributed by atoms with Crippen LogP contribution in [0.15, 0.2) is 18.3 Å². The minimum Gasteiger partial charge on any atom is -0.352 e. The Morgan fingerprint density at radius 2 is 1.90 bits per heavy atom. The van der Waals surface area contributed by atoms with E-state index in [0.29, 0.717) is 23.8 Å². The Morgan fingerprint density at radius 3 is 2.48 bits per heavy atom. The Kier molecular flexibility index (Phi) is 7.43. The first-order valence-corrected chi connectivity index (χ1v) is 7.58. The number of nitrogens with one attached hydrogen (secondary N) is 2. The lowest BCUT2D eigenvalue weighted by Crippen LogP contribution is -2.29. The van der Waals surface area contributed by atoms with Gasteiger partial charge in [-0.25, -0.2) is 4.98 Å². The normalized spacial score (nSPS) is 10.5. The van der Waals surface area contributed by atoms with Crippen molar-refractivity contribution < 1.29 is 9.59 Å². The molecule has 0 fully saturated rings. The van der Waals surface area contributed by atoms with E-state index in [9.17, 15) is 9.59 Å². The van der Waals surface area contributed by atoms with Crippen LogP contribution in [0.4, 0.5) is 5.82 Å². The first-order chi connectivity index (χ1) is 10.1. The predicted octanol–water partition coefficient (Wildman–Crippen LogP) is 2.99. The molecule has 0 aromatic carbocycles. The Morgan fingerprint density at radius 1 is 1.24 bits per heavy atom. The molecule has 5 heteroatoms. The molecular weight excluding hydrogens is 266 g/mol. The standard InChI is InChI=1S/C16H25N3O2/c1-4-6-13(7-5-2)11-18-16(21)14-8-9-17-15(10-14)19-12(3)20/h8-10,13H,4-7,11H2,1-3H3,(H,18,21)(H,17,19,20). The van der Waals surface area contributed by atoms with Gasteiger partial charge < -0.3 is 10.6 Å². The van der Waals surface area contributed by atoms with Crippen molar-refractivity contribution in [2.45, 2.75) is 46.5 Å². The second-order valence-corrected chi connectivity index (χ2v) is 5.26. The van der Waals surface area contributed by atoms with Crippen LogP contribution in [0.1, 0.15) is 56.8 Å². The van der Waals surface area contributed by atoms with Gasteiger partial charge in [0.15, 0.2) is 0 Å². The van der Waals surface area contributed by atoms with E-state index in [4.69, 9.17) is 0 Å². The van der Waals surface area contributed by atoms with E-state index in [1.54, 1.807) is 12.1 Å². The Bertz CT molecular complexity index is 468. The first-order valence-electron chi connectivity index (χ1n) is 7.58. The molecule has 0 aliphatic heterocycles. The van der Waals surface area contributed by atoms with Gasteiger partial charge in [-0.15, -0.1) is 0 Å². The monoisotopic (exact) mass is 291 g/mol. The van der Waals surface area contributed by atoms with Crippen LogP contribution in [0, 0.1) is 5.92 Å². The SMILES string of the molecule is CCCC(CCC)CNC(=O)c1ccnc(NC(C)=O)c1. The maximum absolute atomic E-state index is 12.1. The summed E-state index contributed by atoms with van der Waals surface area (Å²) in [4.78, 5) is 27.1. The molecule has 0 aliphatic rings. The fourth-order valence-electron chi connectivity index (χ4n) is 2.32. The minimum absolute atomic E-state index is 0.124. The smallest absolute Gasteiger partial charge is 0.251 e. The summed E-state index contributed by atoms with van der Waals surface area (Å²) in [6, 6.07) is 3.24. The van der Waals surface area contributed by atoms with Crippen molar-refractivity contribution in [2.24, 2.45) is 5.92 Å².